The Balaban J connectivity index is 2.73. The summed E-state index contributed by atoms with van der Waals surface area (Å²) >= 11 is 0. The van der Waals surface area contributed by atoms with Gasteiger partial charge in [-0.2, -0.15) is 0 Å². The molecule has 1 N–H and O–H groups in total. The van der Waals surface area contributed by atoms with E-state index in [4.69, 9.17) is 9.47 Å². The van der Waals surface area contributed by atoms with Gasteiger partial charge in [-0.25, -0.2) is 0 Å². The van der Waals surface area contributed by atoms with Gasteiger partial charge in [-0.3, -0.25) is 0 Å². The number of hydrogen-bond donors (Lipinski definition) is 1. The largest absolute Gasteiger partial charge is 0.493 e. The van der Waals surface area contributed by atoms with Crippen molar-refractivity contribution < 1.29 is 9.47 Å². The number of benzene rings is 1. The monoisotopic (exact) mass is 249 g/mol. The van der Waals surface area contributed by atoms with Gasteiger partial charge >= 0.3 is 0 Å². The molecule has 0 aliphatic heterocycles. The summed E-state index contributed by atoms with van der Waals surface area (Å²) in [6.45, 7) is 3.76. The van der Waals surface area contributed by atoms with Gasteiger partial charge in [-0.15, -0.1) is 6.58 Å². The molecule has 0 radical (unpaired) electrons. The lowest BCUT2D eigenvalue weighted by molar-refractivity contribution is 0.354. The molecule has 0 amide bonds. The Hall–Kier alpha value is -1.48. The molecule has 0 aliphatic carbocycles. The van der Waals surface area contributed by atoms with Crippen molar-refractivity contribution in [3.05, 3.63) is 36.4 Å². The fraction of sp³-hybridized carbons (Fsp3) is 0.467. The van der Waals surface area contributed by atoms with Gasteiger partial charge in [0.15, 0.2) is 11.5 Å². The van der Waals surface area contributed by atoms with Crippen LogP contribution in [0.5, 0.6) is 11.5 Å². The van der Waals surface area contributed by atoms with Crippen molar-refractivity contribution in [2.45, 2.75) is 25.3 Å². The predicted molar refractivity (Wildman–Crippen MR) is 75.5 cm³/mol. The van der Waals surface area contributed by atoms with E-state index in [-0.39, 0.29) is 0 Å². The first kappa shape index (κ1) is 14.6. The first-order valence-corrected chi connectivity index (χ1v) is 6.24. The van der Waals surface area contributed by atoms with Crippen LogP contribution in [0.3, 0.4) is 0 Å². The molecule has 18 heavy (non-hydrogen) atoms. The molecule has 0 aromatic heterocycles. The summed E-state index contributed by atoms with van der Waals surface area (Å²) in [6.07, 6.45) is 5.05. The van der Waals surface area contributed by atoms with Crippen LogP contribution in [0.2, 0.25) is 0 Å². The van der Waals surface area contributed by atoms with Gasteiger partial charge in [0.05, 0.1) is 14.2 Å². The van der Waals surface area contributed by atoms with Gasteiger partial charge in [0.1, 0.15) is 0 Å². The minimum absolute atomic E-state index is 0.459. The van der Waals surface area contributed by atoms with Gasteiger partial charge in [-0.05, 0) is 44.0 Å². The normalized spacial score (nSPS) is 11.9. The van der Waals surface area contributed by atoms with Crippen molar-refractivity contribution in [1.29, 1.82) is 0 Å². The average molecular weight is 249 g/mol. The molecule has 0 saturated heterocycles. The van der Waals surface area contributed by atoms with Crippen LogP contribution in [0, 0.1) is 0 Å². The van der Waals surface area contributed by atoms with Gasteiger partial charge in [0.2, 0.25) is 0 Å². The highest BCUT2D eigenvalue weighted by Crippen LogP contribution is 2.28. The van der Waals surface area contributed by atoms with Crippen molar-refractivity contribution in [3.8, 4) is 11.5 Å². The maximum Gasteiger partial charge on any atom is 0.160 e. The number of nitrogens with one attached hydrogen (secondary N) is 1. The molecular formula is C15H23NO2. The molecule has 100 valence electrons. The van der Waals surface area contributed by atoms with Crippen molar-refractivity contribution in [1.82, 2.24) is 5.32 Å². The zero-order valence-corrected chi connectivity index (χ0v) is 11.5. The van der Waals surface area contributed by atoms with E-state index in [0.717, 1.165) is 30.8 Å². The van der Waals surface area contributed by atoms with Crippen molar-refractivity contribution >= 4 is 0 Å². The van der Waals surface area contributed by atoms with Crippen molar-refractivity contribution in [3.63, 3.8) is 0 Å². The summed E-state index contributed by atoms with van der Waals surface area (Å²) in [4.78, 5) is 0. The zero-order chi connectivity index (χ0) is 13.4. The van der Waals surface area contributed by atoms with E-state index in [1.807, 2.05) is 25.3 Å². The van der Waals surface area contributed by atoms with E-state index in [0.29, 0.717) is 6.04 Å². The minimum atomic E-state index is 0.459. The van der Waals surface area contributed by atoms with Crippen LogP contribution in [0.25, 0.3) is 0 Å². The van der Waals surface area contributed by atoms with E-state index in [1.165, 1.54) is 5.56 Å². The lowest BCUT2D eigenvalue weighted by atomic mass is 10.0. The van der Waals surface area contributed by atoms with Crippen LogP contribution in [0.1, 0.15) is 18.4 Å². The highest BCUT2D eigenvalue weighted by Gasteiger charge is 2.09. The smallest absolute Gasteiger partial charge is 0.160 e. The zero-order valence-electron chi connectivity index (χ0n) is 11.5. The molecule has 0 bridgehead atoms. The van der Waals surface area contributed by atoms with Gasteiger partial charge in [-0.1, -0.05) is 12.1 Å². The first-order chi connectivity index (χ1) is 8.74. The van der Waals surface area contributed by atoms with Crippen LogP contribution in [-0.2, 0) is 6.42 Å². The predicted octanol–water partition coefficient (Wildman–Crippen LogP) is 2.80. The quantitative estimate of drug-likeness (QED) is 0.719. The van der Waals surface area contributed by atoms with Crippen LogP contribution < -0.4 is 14.8 Å². The molecule has 3 nitrogen and oxygen atoms in total. The maximum absolute atomic E-state index is 5.31. The number of hydrogen-bond acceptors (Lipinski definition) is 3. The summed E-state index contributed by atoms with van der Waals surface area (Å²) < 4.78 is 10.5. The fourth-order valence-corrected chi connectivity index (χ4v) is 1.96. The van der Waals surface area contributed by atoms with Crippen LogP contribution in [-0.4, -0.2) is 27.3 Å². The molecule has 0 spiro atoms. The Morgan fingerprint density at radius 2 is 2.00 bits per heavy atom. The second-order valence-electron chi connectivity index (χ2n) is 4.25. The molecule has 0 heterocycles. The third kappa shape index (κ3) is 4.08. The molecule has 3 heteroatoms. The van der Waals surface area contributed by atoms with Crippen LogP contribution in [0.4, 0.5) is 0 Å². The summed E-state index contributed by atoms with van der Waals surface area (Å²) in [7, 11) is 5.31. The number of methoxy groups -OCH3 is 2. The standard InChI is InChI=1S/C15H23NO2/c1-5-6-7-13(16-2)10-12-8-9-14(17-3)15(11-12)18-4/h5,8-9,11,13,16H,1,6-7,10H2,2-4H3. The molecule has 1 aromatic carbocycles. The molecule has 1 aromatic rings. The van der Waals surface area contributed by atoms with E-state index in [1.54, 1.807) is 14.2 Å². The Kier molecular flexibility index (Phi) is 6.29. The lowest BCUT2D eigenvalue weighted by Crippen LogP contribution is -2.27. The molecule has 1 atom stereocenters. The van der Waals surface area contributed by atoms with Crippen molar-refractivity contribution in [2.24, 2.45) is 0 Å². The first-order valence-electron chi connectivity index (χ1n) is 6.24. The average Bonchev–Trinajstić information content (AvgIpc) is 2.43. The molecule has 0 fully saturated rings. The molecule has 0 saturated carbocycles. The third-order valence-corrected chi connectivity index (χ3v) is 3.06. The number of likely N-dealkylation sites (N-methyl/N-ethyl adjacent to an activating group) is 1. The summed E-state index contributed by atoms with van der Waals surface area (Å²) in [5.74, 6) is 1.56. The Labute approximate surface area is 110 Å². The Morgan fingerprint density at radius 3 is 2.56 bits per heavy atom. The maximum atomic E-state index is 5.31. The number of rotatable bonds is 8. The highest BCUT2D eigenvalue weighted by atomic mass is 16.5. The molecule has 1 unspecified atom stereocenters. The second kappa shape index (κ2) is 7.77. The van der Waals surface area contributed by atoms with Crippen LogP contribution in [0.15, 0.2) is 30.9 Å². The molecule has 0 aliphatic rings. The van der Waals surface area contributed by atoms with Crippen molar-refractivity contribution in [2.75, 3.05) is 21.3 Å². The second-order valence-corrected chi connectivity index (χ2v) is 4.25. The Bertz CT molecular complexity index is 377. The third-order valence-electron chi connectivity index (χ3n) is 3.06. The highest BCUT2D eigenvalue weighted by molar-refractivity contribution is 5.43. The minimum Gasteiger partial charge on any atom is -0.493 e. The summed E-state index contributed by atoms with van der Waals surface area (Å²) in [6, 6.07) is 6.53. The van der Waals surface area contributed by atoms with E-state index < -0.39 is 0 Å². The van der Waals surface area contributed by atoms with Gasteiger partial charge < -0.3 is 14.8 Å². The van der Waals surface area contributed by atoms with Gasteiger partial charge in [0, 0.05) is 6.04 Å². The fourth-order valence-electron chi connectivity index (χ4n) is 1.96. The Morgan fingerprint density at radius 1 is 1.28 bits per heavy atom. The summed E-state index contributed by atoms with van der Waals surface area (Å²) in [5, 5.41) is 3.33. The lowest BCUT2D eigenvalue weighted by Gasteiger charge is -2.16. The topological polar surface area (TPSA) is 30.5 Å². The SMILES string of the molecule is C=CCCC(Cc1ccc(OC)c(OC)c1)NC. The summed E-state index contributed by atoms with van der Waals surface area (Å²) in [5.41, 5.74) is 1.25. The number of ether oxygens (including phenoxy) is 2. The van der Waals surface area contributed by atoms with Crippen LogP contribution >= 0.6 is 0 Å². The van der Waals surface area contributed by atoms with Gasteiger partial charge in [0.25, 0.3) is 0 Å². The number of allylic oxidation sites excluding steroid dienone is 1. The molecular weight excluding hydrogens is 226 g/mol. The molecule has 1 rings (SSSR count). The van der Waals surface area contributed by atoms with E-state index in [2.05, 4.69) is 18.0 Å². The van der Waals surface area contributed by atoms with E-state index >= 15 is 0 Å². The van der Waals surface area contributed by atoms with E-state index in [9.17, 15) is 0 Å².